The van der Waals surface area contributed by atoms with Crippen LogP contribution in [0.15, 0.2) is 24.3 Å². The van der Waals surface area contributed by atoms with Crippen LogP contribution in [0, 0.1) is 5.92 Å². The molecule has 1 fully saturated rings. The lowest BCUT2D eigenvalue weighted by Gasteiger charge is -2.25. The van der Waals surface area contributed by atoms with Gasteiger partial charge in [0.05, 0.1) is 11.5 Å². The largest absolute Gasteiger partial charge is 0.508 e. The van der Waals surface area contributed by atoms with Gasteiger partial charge in [-0.3, -0.25) is 0 Å². The van der Waals surface area contributed by atoms with E-state index in [1.54, 1.807) is 18.2 Å². The number of phenolic OH excluding ortho intramolecular Hbond substituents is 1. The van der Waals surface area contributed by atoms with Crippen molar-refractivity contribution in [1.82, 2.24) is 0 Å². The first-order chi connectivity index (χ1) is 7.99. The number of phenols is 1. The van der Waals surface area contributed by atoms with Crippen LogP contribution in [0.5, 0.6) is 5.75 Å². The van der Waals surface area contributed by atoms with Crippen molar-refractivity contribution in [3.8, 4) is 5.75 Å². The molecule has 17 heavy (non-hydrogen) atoms. The normalized spacial score (nSPS) is 22.2. The summed E-state index contributed by atoms with van der Waals surface area (Å²) in [5, 5.41) is 9.56. The molecule has 2 rings (SSSR count). The van der Waals surface area contributed by atoms with E-state index in [0.717, 1.165) is 0 Å². The molecule has 1 atom stereocenters. The van der Waals surface area contributed by atoms with Crippen LogP contribution in [0.3, 0.4) is 0 Å². The topological polar surface area (TPSA) is 54.4 Å². The van der Waals surface area contributed by atoms with Crippen molar-refractivity contribution in [2.75, 3.05) is 11.5 Å². The average molecular weight is 258 g/mol. The first kappa shape index (κ1) is 12.4. The van der Waals surface area contributed by atoms with E-state index in [2.05, 4.69) is 0 Å². The summed E-state index contributed by atoms with van der Waals surface area (Å²) < 4.78 is 36.7. The Hall–Kier alpha value is -1.10. The van der Waals surface area contributed by atoms with Gasteiger partial charge in [-0.1, -0.05) is 18.2 Å². The number of hydrogen-bond acceptors (Lipinski definition) is 3. The standard InChI is InChI=1S/C12H15FO3S/c13-12(10-3-1-2-4-11(10)14)9-5-7-17(15,16)8-6-9/h1-4,9,12,14H,5-8H2. The van der Waals surface area contributed by atoms with Crippen molar-refractivity contribution in [1.29, 1.82) is 0 Å². The summed E-state index contributed by atoms with van der Waals surface area (Å²) in [6.45, 7) is 0. The molecule has 0 bridgehead atoms. The minimum atomic E-state index is -2.97. The summed E-state index contributed by atoms with van der Waals surface area (Å²) in [6, 6.07) is 6.29. The third kappa shape index (κ3) is 2.77. The Bertz CT molecular complexity index is 484. The Morgan fingerprint density at radius 2 is 1.82 bits per heavy atom. The second kappa shape index (κ2) is 4.64. The van der Waals surface area contributed by atoms with Crippen LogP contribution in [0.4, 0.5) is 4.39 Å². The van der Waals surface area contributed by atoms with Crippen molar-refractivity contribution >= 4 is 9.84 Å². The molecule has 1 saturated heterocycles. The van der Waals surface area contributed by atoms with Gasteiger partial charge in [-0.2, -0.15) is 0 Å². The molecule has 1 N–H and O–H groups in total. The second-order valence-corrected chi connectivity index (χ2v) is 6.75. The molecule has 0 amide bonds. The second-order valence-electron chi connectivity index (χ2n) is 4.45. The van der Waals surface area contributed by atoms with Gasteiger partial charge in [0.25, 0.3) is 0 Å². The molecule has 0 spiro atoms. The number of halogens is 1. The van der Waals surface area contributed by atoms with E-state index in [4.69, 9.17) is 0 Å². The predicted molar refractivity (Wildman–Crippen MR) is 63.3 cm³/mol. The lowest BCUT2D eigenvalue weighted by molar-refractivity contribution is 0.212. The average Bonchev–Trinajstić information content (AvgIpc) is 2.29. The first-order valence-electron chi connectivity index (χ1n) is 5.62. The van der Waals surface area contributed by atoms with E-state index in [-0.39, 0.29) is 28.7 Å². The van der Waals surface area contributed by atoms with Crippen molar-refractivity contribution in [3.63, 3.8) is 0 Å². The number of sulfone groups is 1. The van der Waals surface area contributed by atoms with Gasteiger partial charge in [0, 0.05) is 5.56 Å². The van der Waals surface area contributed by atoms with E-state index < -0.39 is 16.0 Å². The molecular formula is C12H15FO3S. The van der Waals surface area contributed by atoms with Crippen LogP contribution < -0.4 is 0 Å². The van der Waals surface area contributed by atoms with Gasteiger partial charge in [0.1, 0.15) is 21.8 Å². The summed E-state index contributed by atoms with van der Waals surface area (Å²) in [6.07, 6.45) is -0.623. The van der Waals surface area contributed by atoms with E-state index in [1.165, 1.54) is 6.07 Å². The van der Waals surface area contributed by atoms with E-state index >= 15 is 0 Å². The minimum absolute atomic E-state index is 0.0473. The summed E-state index contributed by atoms with van der Waals surface area (Å²) in [7, 11) is -2.97. The zero-order valence-corrected chi connectivity index (χ0v) is 10.2. The number of para-hydroxylation sites is 1. The van der Waals surface area contributed by atoms with E-state index in [9.17, 15) is 17.9 Å². The molecule has 0 saturated carbocycles. The van der Waals surface area contributed by atoms with Crippen LogP contribution in [0.1, 0.15) is 24.6 Å². The fraction of sp³-hybridized carbons (Fsp3) is 0.500. The Kier molecular flexibility index (Phi) is 3.38. The molecule has 1 aromatic carbocycles. The van der Waals surface area contributed by atoms with Crippen molar-refractivity contribution < 1.29 is 17.9 Å². The van der Waals surface area contributed by atoms with Crippen LogP contribution in [0.25, 0.3) is 0 Å². The van der Waals surface area contributed by atoms with Gasteiger partial charge in [0.2, 0.25) is 0 Å². The number of hydrogen-bond donors (Lipinski definition) is 1. The fourth-order valence-corrected chi connectivity index (χ4v) is 3.70. The third-order valence-corrected chi connectivity index (χ3v) is 4.96. The summed E-state index contributed by atoms with van der Waals surface area (Å²) in [5.74, 6) is -0.280. The minimum Gasteiger partial charge on any atom is -0.508 e. The predicted octanol–water partition coefficient (Wildman–Crippen LogP) is 2.23. The maximum Gasteiger partial charge on any atom is 0.150 e. The molecular weight excluding hydrogens is 243 g/mol. The third-order valence-electron chi connectivity index (χ3n) is 3.25. The van der Waals surface area contributed by atoms with Crippen LogP contribution in [0.2, 0.25) is 0 Å². The number of rotatable bonds is 2. The molecule has 1 heterocycles. The molecule has 0 radical (unpaired) electrons. The lowest BCUT2D eigenvalue weighted by Crippen LogP contribution is -2.25. The monoisotopic (exact) mass is 258 g/mol. The Labute approximate surface area is 100 Å². The molecule has 1 aromatic rings. The smallest absolute Gasteiger partial charge is 0.150 e. The van der Waals surface area contributed by atoms with E-state index in [1.807, 2.05) is 0 Å². The molecule has 3 nitrogen and oxygen atoms in total. The van der Waals surface area contributed by atoms with Gasteiger partial charge in [0.15, 0.2) is 0 Å². The van der Waals surface area contributed by atoms with Gasteiger partial charge in [-0.05, 0) is 24.8 Å². The van der Waals surface area contributed by atoms with Gasteiger partial charge in [-0.25, -0.2) is 12.8 Å². The van der Waals surface area contributed by atoms with E-state index in [0.29, 0.717) is 12.8 Å². The number of benzene rings is 1. The van der Waals surface area contributed by atoms with Crippen LogP contribution >= 0.6 is 0 Å². The quantitative estimate of drug-likeness (QED) is 0.885. The highest BCUT2D eigenvalue weighted by atomic mass is 32.2. The lowest BCUT2D eigenvalue weighted by atomic mass is 9.91. The molecule has 1 aliphatic rings. The Morgan fingerprint density at radius 1 is 1.24 bits per heavy atom. The van der Waals surface area contributed by atoms with Gasteiger partial charge < -0.3 is 5.11 Å². The Morgan fingerprint density at radius 3 is 2.41 bits per heavy atom. The van der Waals surface area contributed by atoms with Gasteiger partial charge in [-0.15, -0.1) is 0 Å². The molecule has 5 heteroatoms. The maximum atomic E-state index is 14.2. The molecule has 0 aliphatic carbocycles. The molecule has 94 valence electrons. The highest BCUT2D eigenvalue weighted by Crippen LogP contribution is 2.37. The summed E-state index contributed by atoms with van der Waals surface area (Å²) in [4.78, 5) is 0. The maximum absolute atomic E-state index is 14.2. The Balaban J connectivity index is 2.12. The molecule has 0 aromatic heterocycles. The highest BCUT2D eigenvalue weighted by Gasteiger charge is 2.31. The summed E-state index contributed by atoms with van der Waals surface area (Å²) >= 11 is 0. The van der Waals surface area contributed by atoms with Crippen molar-refractivity contribution in [3.05, 3.63) is 29.8 Å². The number of aromatic hydroxyl groups is 1. The summed E-state index contributed by atoms with van der Waals surface area (Å²) in [5.41, 5.74) is 0.261. The van der Waals surface area contributed by atoms with Crippen molar-refractivity contribution in [2.24, 2.45) is 5.92 Å². The zero-order valence-electron chi connectivity index (χ0n) is 9.34. The molecule has 1 aliphatic heterocycles. The van der Waals surface area contributed by atoms with Gasteiger partial charge >= 0.3 is 0 Å². The highest BCUT2D eigenvalue weighted by molar-refractivity contribution is 7.91. The number of alkyl halides is 1. The van der Waals surface area contributed by atoms with Crippen molar-refractivity contribution in [2.45, 2.75) is 19.0 Å². The van der Waals surface area contributed by atoms with Crippen LogP contribution in [-0.4, -0.2) is 25.0 Å². The van der Waals surface area contributed by atoms with Crippen LogP contribution in [-0.2, 0) is 9.84 Å². The fourth-order valence-electron chi connectivity index (χ4n) is 2.18. The zero-order chi connectivity index (χ0) is 12.5. The SMILES string of the molecule is O=S1(=O)CCC(C(F)c2ccccc2O)CC1. The molecule has 1 unspecified atom stereocenters. The first-order valence-corrected chi connectivity index (χ1v) is 7.44.